The third kappa shape index (κ3) is 4.37. The lowest BCUT2D eigenvalue weighted by Crippen LogP contribution is -2.53. The summed E-state index contributed by atoms with van der Waals surface area (Å²) < 4.78 is 0. The molecule has 0 bridgehead atoms. The molecule has 2 aliphatic heterocycles. The number of hydrogen-bond acceptors (Lipinski definition) is 4. The van der Waals surface area contributed by atoms with Crippen LogP contribution in [0.5, 0.6) is 0 Å². The molecule has 4 rings (SSSR count). The first kappa shape index (κ1) is 18.1. The van der Waals surface area contributed by atoms with Crippen molar-refractivity contribution in [1.29, 1.82) is 0 Å². The van der Waals surface area contributed by atoms with Crippen molar-refractivity contribution in [3.05, 3.63) is 65.5 Å². The summed E-state index contributed by atoms with van der Waals surface area (Å²) in [6.07, 6.45) is 6.58. The molecule has 2 aliphatic rings. The van der Waals surface area contributed by atoms with Crippen molar-refractivity contribution >= 4 is 5.91 Å². The number of piperidine rings is 1. The summed E-state index contributed by atoms with van der Waals surface area (Å²) in [6, 6.07) is 12.8. The molecule has 1 saturated heterocycles. The molecule has 1 fully saturated rings. The largest absolute Gasteiger partial charge is 0.352 e. The average molecular weight is 364 g/mol. The summed E-state index contributed by atoms with van der Waals surface area (Å²) in [6.45, 7) is 3.82. The number of carbonyl (C=O) groups excluding carboxylic acids is 1. The SMILES string of the molecule is CN1Cc2ccccc2CC1C(=O)NC1CCN(Cc2cccnc2)CC1. The zero-order valence-electron chi connectivity index (χ0n) is 16.0. The van der Waals surface area contributed by atoms with Crippen LogP contribution in [0.3, 0.4) is 0 Å². The highest BCUT2D eigenvalue weighted by atomic mass is 16.2. The summed E-state index contributed by atoms with van der Waals surface area (Å²) in [5.74, 6) is 0.178. The maximum Gasteiger partial charge on any atom is 0.237 e. The molecule has 5 nitrogen and oxygen atoms in total. The molecule has 3 heterocycles. The van der Waals surface area contributed by atoms with E-state index < -0.39 is 0 Å². The fraction of sp³-hybridized carbons (Fsp3) is 0.455. The van der Waals surface area contributed by atoms with Crippen molar-refractivity contribution in [2.45, 2.75) is 44.4 Å². The number of carbonyl (C=O) groups is 1. The molecule has 27 heavy (non-hydrogen) atoms. The number of hydrogen-bond donors (Lipinski definition) is 1. The highest BCUT2D eigenvalue weighted by Gasteiger charge is 2.30. The lowest BCUT2D eigenvalue weighted by Gasteiger charge is -2.36. The Balaban J connectivity index is 1.28. The van der Waals surface area contributed by atoms with E-state index in [1.165, 1.54) is 16.7 Å². The van der Waals surface area contributed by atoms with Crippen LogP contribution in [0.4, 0.5) is 0 Å². The maximum atomic E-state index is 12.9. The van der Waals surface area contributed by atoms with Gasteiger partial charge in [0.2, 0.25) is 5.91 Å². The van der Waals surface area contributed by atoms with Gasteiger partial charge in [0.15, 0.2) is 0 Å². The lowest BCUT2D eigenvalue weighted by molar-refractivity contribution is -0.127. The Morgan fingerprint density at radius 1 is 1.15 bits per heavy atom. The summed E-state index contributed by atoms with van der Waals surface area (Å²) in [5, 5.41) is 3.31. The van der Waals surface area contributed by atoms with Crippen LogP contribution in [0, 0.1) is 0 Å². The number of nitrogens with zero attached hydrogens (tertiary/aromatic N) is 3. The van der Waals surface area contributed by atoms with E-state index in [1.807, 2.05) is 18.5 Å². The number of aromatic nitrogens is 1. The molecule has 1 unspecified atom stereocenters. The Morgan fingerprint density at radius 3 is 2.67 bits per heavy atom. The summed E-state index contributed by atoms with van der Waals surface area (Å²) in [7, 11) is 2.05. The Bertz CT molecular complexity index is 771. The molecule has 0 spiro atoms. The van der Waals surface area contributed by atoms with Crippen molar-refractivity contribution in [2.75, 3.05) is 20.1 Å². The van der Waals surface area contributed by atoms with Gasteiger partial charge in [-0.1, -0.05) is 30.3 Å². The standard InChI is InChI=1S/C22H28N4O/c1-25-16-19-7-3-2-6-18(19)13-21(25)22(27)24-20-8-11-26(12-9-20)15-17-5-4-10-23-14-17/h2-7,10,14,20-21H,8-9,11-13,15-16H2,1H3,(H,24,27). The first-order valence-electron chi connectivity index (χ1n) is 9.87. The van der Waals surface area contributed by atoms with Gasteiger partial charge in [0, 0.05) is 44.6 Å². The van der Waals surface area contributed by atoms with Crippen LogP contribution in [-0.2, 0) is 24.3 Å². The first-order chi connectivity index (χ1) is 13.2. The molecule has 1 atom stereocenters. The van der Waals surface area contributed by atoms with E-state index >= 15 is 0 Å². The third-order valence-electron chi connectivity index (χ3n) is 5.85. The predicted octanol–water partition coefficient (Wildman–Crippen LogP) is 2.22. The average Bonchev–Trinajstić information content (AvgIpc) is 2.69. The van der Waals surface area contributed by atoms with Crippen molar-refractivity contribution in [1.82, 2.24) is 20.1 Å². The van der Waals surface area contributed by atoms with E-state index in [4.69, 9.17) is 0 Å². The fourth-order valence-electron chi connectivity index (χ4n) is 4.23. The van der Waals surface area contributed by atoms with Gasteiger partial charge < -0.3 is 5.32 Å². The van der Waals surface area contributed by atoms with Gasteiger partial charge in [0.05, 0.1) is 6.04 Å². The quantitative estimate of drug-likeness (QED) is 0.904. The van der Waals surface area contributed by atoms with Gasteiger partial charge in [-0.2, -0.15) is 0 Å². The van der Waals surface area contributed by atoms with E-state index in [2.05, 4.69) is 57.5 Å². The molecule has 1 aromatic carbocycles. The molecule has 1 amide bonds. The number of likely N-dealkylation sites (tertiary alicyclic amines) is 1. The topological polar surface area (TPSA) is 48.5 Å². The Morgan fingerprint density at radius 2 is 1.93 bits per heavy atom. The van der Waals surface area contributed by atoms with Crippen LogP contribution in [0.2, 0.25) is 0 Å². The minimum atomic E-state index is -0.0617. The van der Waals surface area contributed by atoms with Crippen LogP contribution in [0.1, 0.15) is 29.5 Å². The second kappa shape index (κ2) is 8.19. The normalized spacial score (nSPS) is 21.6. The summed E-state index contributed by atoms with van der Waals surface area (Å²) >= 11 is 0. The minimum Gasteiger partial charge on any atom is -0.352 e. The van der Waals surface area contributed by atoms with Gasteiger partial charge in [0.25, 0.3) is 0 Å². The second-order valence-corrected chi connectivity index (χ2v) is 7.82. The molecule has 1 aromatic heterocycles. The number of rotatable bonds is 4. The van der Waals surface area contributed by atoms with E-state index in [9.17, 15) is 4.79 Å². The van der Waals surface area contributed by atoms with Gasteiger partial charge in [0.1, 0.15) is 0 Å². The molecule has 2 aromatic rings. The van der Waals surface area contributed by atoms with E-state index in [1.54, 1.807) is 0 Å². The lowest BCUT2D eigenvalue weighted by atomic mass is 9.93. The van der Waals surface area contributed by atoms with Crippen LogP contribution < -0.4 is 5.32 Å². The molecule has 0 saturated carbocycles. The fourth-order valence-corrected chi connectivity index (χ4v) is 4.23. The highest BCUT2D eigenvalue weighted by Crippen LogP contribution is 2.22. The third-order valence-corrected chi connectivity index (χ3v) is 5.85. The second-order valence-electron chi connectivity index (χ2n) is 7.82. The molecular formula is C22H28N4O. The van der Waals surface area contributed by atoms with Gasteiger partial charge in [-0.3, -0.25) is 19.6 Å². The molecule has 1 N–H and O–H groups in total. The van der Waals surface area contributed by atoms with E-state index in [-0.39, 0.29) is 18.0 Å². The number of pyridine rings is 1. The Labute approximate surface area is 161 Å². The number of likely N-dealkylation sites (N-methyl/N-ethyl adjacent to an activating group) is 1. The zero-order chi connectivity index (χ0) is 18.6. The Hall–Kier alpha value is -2.24. The van der Waals surface area contributed by atoms with Crippen LogP contribution >= 0.6 is 0 Å². The van der Waals surface area contributed by atoms with Gasteiger partial charge in [-0.25, -0.2) is 0 Å². The predicted molar refractivity (Wildman–Crippen MR) is 106 cm³/mol. The van der Waals surface area contributed by atoms with E-state index in [0.29, 0.717) is 0 Å². The van der Waals surface area contributed by atoms with Crippen LogP contribution in [0.25, 0.3) is 0 Å². The first-order valence-corrected chi connectivity index (χ1v) is 9.87. The van der Waals surface area contributed by atoms with Crippen molar-refractivity contribution in [3.63, 3.8) is 0 Å². The van der Waals surface area contributed by atoms with Crippen molar-refractivity contribution < 1.29 is 4.79 Å². The summed E-state index contributed by atoms with van der Waals surface area (Å²) in [5.41, 5.74) is 3.90. The van der Waals surface area contributed by atoms with Gasteiger partial charge >= 0.3 is 0 Å². The smallest absolute Gasteiger partial charge is 0.237 e. The monoisotopic (exact) mass is 364 g/mol. The number of nitrogens with one attached hydrogen (secondary N) is 1. The molecule has 5 heteroatoms. The van der Waals surface area contributed by atoms with Crippen LogP contribution in [-0.4, -0.2) is 52.9 Å². The molecule has 142 valence electrons. The van der Waals surface area contributed by atoms with Crippen molar-refractivity contribution in [2.24, 2.45) is 0 Å². The summed E-state index contributed by atoms with van der Waals surface area (Å²) in [4.78, 5) is 21.7. The van der Waals surface area contributed by atoms with Crippen LogP contribution in [0.15, 0.2) is 48.8 Å². The highest BCUT2D eigenvalue weighted by molar-refractivity contribution is 5.82. The zero-order valence-corrected chi connectivity index (χ0v) is 16.0. The van der Waals surface area contributed by atoms with Gasteiger partial charge in [-0.05, 0) is 49.1 Å². The molecule has 0 aliphatic carbocycles. The molecular weight excluding hydrogens is 336 g/mol. The maximum absolute atomic E-state index is 12.9. The van der Waals surface area contributed by atoms with Crippen molar-refractivity contribution in [3.8, 4) is 0 Å². The number of benzene rings is 1. The minimum absolute atomic E-state index is 0.0617. The van der Waals surface area contributed by atoms with E-state index in [0.717, 1.165) is 45.4 Å². The number of fused-ring (bicyclic) bond motifs is 1. The molecule has 0 radical (unpaired) electrons. The van der Waals surface area contributed by atoms with Gasteiger partial charge in [-0.15, -0.1) is 0 Å². The Kier molecular flexibility index (Phi) is 5.50. The number of amides is 1.